The SMILES string of the molecule is CC(=O)CC(C)C[Si](C)(C)C. The third-order valence-corrected chi connectivity index (χ3v) is 3.52. The van der Waals surface area contributed by atoms with E-state index in [4.69, 9.17) is 0 Å². The summed E-state index contributed by atoms with van der Waals surface area (Å²) in [5, 5.41) is 0. The van der Waals surface area contributed by atoms with Crippen LogP contribution in [0.4, 0.5) is 0 Å². The number of carbonyl (C=O) groups excluding carboxylic acids is 1. The summed E-state index contributed by atoms with van der Waals surface area (Å²) < 4.78 is 0. The molecule has 0 aliphatic rings. The molecule has 0 N–H and O–H groups in total. The quantitative estimate of drug-likeness (QED) is 0.596. The first-order valence-electron chi connectivity index (χ1n) is 4.31. The Kier molecular flexibility index (Phi) is 4.01. The lowest BCUT2D eigenvalue weighted by Gasteiger charge is -2.20. The minimum absolute atomic E-state index is 0.329. The molecule has 0 radical (unpaired) electrons. The lowest BCUT2D eigenvalue weighted by atomic mass is 10.1. The fourth-order valence-electron chi connectivity index (χ4n) is 1.61. The molecule has 0 aliphatic carbocycles. The summed E-state index contributed by atoms with van der Waals surface area (Å²) in [6.07, 6.45) is 0.768. The third kappa shape index (κ3) is 7.79. The van der Waals surface area contributed by atoms with Gasteiger partial charge in [0.2, 0.25) is 0 Å². The molecule has 0 heterocycles. The lowest BCUT2D eigenvalue weighted by molar-refractivity contribution is -0.117. The smallest absolute Gasteiger partial charge is 0.130 e. The van der Waals surface area contributed by atoms with Crippen LogP contribution in [0.3, 0.4) is 0 Å². The van der Waals surface area contributed by atoms with Gasteiger partial charge in [0.1, 0.15) is 5.78 Å². The molecule has 0 aromatic carbocycles. The van der Waals surface area contributed by atoms with E-state index in [0.29, 0.717) is 11.7 Å². The van der Waals surface area contributed by atoms with Crippen molar-refractivity contribution >= 4 is 13.9 Å². The van der Waals surface area contributed by atoms with Crippen LogP contribution in [0.15, 0.2) is 0 Å². The van der Waals surface area contributed by atoms with Gasteiger partial charge in [0.05, 0.1) is 0 Å². The Morgan fingerprint density at radius 2 is 1.82 bits per heavy atom. The molecule has 2 heteroatoms. The second kappa shape index (κ2) is 4.05. The van der Waals surface area contributed by atoms with Gasteiger partial charge in [0.25, 0.3) is 0 Å². The van der Waals surface area contributed by atoms with Crippen LogP contribution < -0.4 is 0 Å². The Balaban J connectivity index is 3.69. The van der Waals surface area contributed by atoms with Crippen molar-refractivity contribution in [2.45, 2.75) is 46.0 Å². The van der Waals surface area contributed by atoms with Crippen LogP contribution >= 0.6 is 0 Å². The van der Waals surface area contributed by atoms with E-state index in [2.05, 4.69) is 26.6 Å². The average molecular weight is 172 g/mol. The van der Waals surface area contributed by atoms with Gasteiger partial charge in [-0.1, -0.05) is 32.6 Å². The molecule has 0 aromatic heterocycles. The van der Waals surface area contributed by atoms with Gasteiger partial charge in [0, 0.05) is 14.5 Å². The Morgan fingerprint density at radius 1 is 1.36 bits per heavy atom. The molecule has 66 valence electrons. The Morgan fingerprint density at radius 3 is 2.09 bits per heavy atom. The van der Waals surface area contributed by atoms with Crippen LogP contribution in [-0.4, -0.2) is 13.9 Å². The second-order valence-corrected chi connectivity index (χ2v) is 10.3. The molecule has 0 fully saturated rings. The minimum atomic E-state index is -0.939. The Bertz CT molecular complexity index is 135. The van der Waals surface area contributed by atoms with Crippen molar-refractivity contribution in [3.8, 4) is 0 Å². The van der Waals surface area contributed by atoms with Crippen LogP contribution in [0, 0.1) is 5.92 Å². The summed E-state index contributed by atoms with van der Waals surface area (Å²) in [6, 6.07) is 1.27. The van der Waals surface area contributed by atoms with Gasteiger partial charge in [-0.3, -0.25) is 0 Å². The van der Waals surface area contributed by atoms with E-state index in [9.17, 15) is 4.79 Å². The predicted octanol–water partition coefficient (Wildman–Crippen LogP) is 2.94. The molecule has 0 aliphatic heterocycles. The first-order chi connectivity index (χ1) is 4.81. The standard InChI is InChI=1S/C9H20OSi/c1-8(6-9(2)10)7-11(3,4)5/h8H,6-7H2,1-5H3. The summed E-state index contributed by atoms with van der Waals surface area (Å²) in [4.78, 5) is 10.8. The zero-order chi connectivity index (χ0) is 9.07. The van der Waals surface area contributed by atoms with Crippen molar-refractivity contribution < 1.29 is 4.79 Å². The van der Waals surface area contributed by atoms with Crippen molar-refractivity contribution in [2.75, 3.05) is 0 Å². The van der Waals surface area contributed by atoms with E-state index in [1.54, 1.807) is 6.92 Å². The monoisotopic (exact) mass is 172 g/mol. The van der Waals surface area contributed by atoms with Crippen LogP contribution in [0.2, 0.25) is 25.7 Å². The molecule has 0 spiro atoms. The lowest BCUT2D eigenvalue weighted by Crippen LogP contribution is -2.23. The highest BCUT2D eigenvalue weighted by Crippen LogP contribution is 2.18. The normalized spacial score (nSPS) is 14.6. The molecule has 1 atom stereocenters. The number of hydrogen-bond donors (Lipinski definition) is 0. The van der Waals surface area contributed by atoms with E-state index < -0.39 is 8.07 Å². The molecule has 0 aromatic rings. The van der Waals surface area contributed by atoms with Crippen molar-refractivity contribution in [3.63, 3.8) is 0 Å². The molecule has 0 saturated carbocycles. The molecular formula is C9H20OSi. The molecule has 0 amide bonds. The average Bonchev–Trinajstić information content (AvgIpc) is 1.53. The number of ketones is 1. The van der Waals surface area contributed by atoms with Crippen LogP contribution in [0.5, 0.6) is 0 Å². The van der Waals surface area contributed by atoms with Crippen molar-refractivity contribution in [1.29, 1.82) is 0 Å². The van der Waals surface area contributed by atoms with Gasteiger partial charge in [-0.05, 0) is 12.8 Å². The van der Waals surface area contributed by atoms with Crippen molar-refractivity contribution in [1.82, 2.24) is 0 Å². The molecular weight excluding hydrogens is 152 g/mol. The highest BCUT2D eigenvalue weighted by Gasteiger charge is 2.17. The molecule has 0 bridgehead atoms. The van der Waals surface area contributed by atoms with E-state index in [-0.39, 0.29) is 0 Å². The molecule has 1 unspecified atom stereocenters. The van der Waals surface area contributed by atoms with Gasteiger partial charge in [-0.25, -0.2) is 0 Å². The number of hydrogen-bond acceptors (Lipinski definition) is 1. The van der Waals surface area contributed by atoms with Gasteiger partial charge < -0.3 is 4.79 Å². The minimum Gasteiger partial charge on any atom is -0.300 e. The van der Waals surface area contributed by atoms with Gasteiger partial charge in [-0.15, -0.1) is 0 Å². The van der Waals surface area contributed by atoms with Crippen LogP contribution in [-0.2, 0) is 4.79 Å². The summed E-state index contributed by atoms with van der Waals surface area (Å²) in [5.41, 5.74) is 0. The van der Waals surface area contributed by atoms with Crippen molar-refractivity contribution in [3.05, 3.63) is 0 Å². The van der Waals surface area contributed by atoms with E-state index in [1.165, 1.54) is 6.04 Å². The van der Waals surface area contributed by atoms with Gasteiger partial charge in [-0.2, -0.15) is 0 Å². The maximum atomic E-state index is 10.8. The first kappa shape index (κ1) is 10.9. The Labute approximate surface area is 71.2 Å². The van der Waals surface area contributed by atoms with Crippen molar-refractivity contribution in [2.24, 2.45) is 5.92 Å². The predicted molar refractivity (Wildman–Crippen MR) is 52.6 cm³/mol. The Hall–Kier alpha value is -0.113. The second-order valence-electron chi connectivity index (χ2n) is 4.78. The zero-order valence-corrected chi connectivity index (χ0v) is 9.40. The van der Waals surface area contributed by atoms with Crippen LogP contribution in [0.1, 0.15) is 20.3 Å². The van der Waals surface area contributed by atoms with Gasteiger partial charge >= 0.3 is 0 Å². The number of carbonyl (C=O) groups is 1. The molecule has 0 rings (SSSR count). The first-order valence-corrected chi connectivity index (χ1v) is 8.01. The summed E-state index contributed by atoms with van der Waals surface area (Å²) in [7, 11) is -0.939. The maximum Gasteiger partial charge on any atom is 0.130 e. The number of rotatable bonds is 4. The number of Topliss-reactive ketones (excluding diaryl/α,β-unsaturated/α-hetero) is 1. The molecule has 1 nitrogen and oxygen atoms in total. The molecule has 11 heavy (non-hydrogen) atoms. The third-order valence-electron chi connectivity index (χ3n) is 1.60. The topological polar surface area (TPSA) is 17.1 Å². The maximum absolute atomic E-state index is 10.8. The van der Waals surface area contributed by atoms with E-state index in [0.717, 1.165) is 6.42 Å². The van der Waals surface area contributed by atoms with E-state index >= 15 is 0 Å². The largest absolute Gasteiger partial charge is 0.300 e. The summed E-state index contributed by atoms with van der Waals surface area (Å²) in [5.74, 6) is 0.926. The highest BCUT2D eigenvalue weighted by atomic mass is 28.3. The zero-order valence-electron chi connectivity index (χ0n) is 8.40. The highest BCUT2D eigenvalue weighted by molar-refractivity contribution is 6.76. The fraction of sp³-hybridized carbons (Fsp3) is 0.889. The van der Waals surface area contributed by atoms with Gasteiger partial charge in [0.15, 0.2) is 0 Å². The fourth-order valence-corrected chi connectivity index (χ4v) is 3.84. The summed E-state index contributed by atoms with van der Waals surface area (Å²) >= 11 is 0. The summed E-state index contributed by atoms with van der Waals surface area (Å²) in [6.45, 7) is 10.9. The van der Waals surface area contributed by atoms with Crippen LogP contribution in [0.25, 0.3) is 0 Å². The molecule has 0 saturated heterocycles. The van der Waals surface area contributed by atoms with E-state index in [1.807, 2.05) is 0 Å².